The predicted molar refractivity (Wildman–Crippen MR) is 75.6 cm³/mol. The highest BCUT2D eigenvalue weighted by Gasteiger charge is 2.08. The Morgan fingerprint density at radius 1 is 0.900 bits per heavy atom. The zero-order valence-electron chi connectivity index (χ0n) is 11.0. The lowest BCUT2D eigenvalue weighted by Crippen LogP contribution is -1.87. The average molecular weight is 264 g/mol. The zero-order valence-corrected chi connectivity index (χ0v) is 11.0. The first-order valence-corrected chi connectivity index (χ1v) is 6.48. The van der Waals surface area contributed by atoms with E-state index in [0.717, 1.165) is 27.8 Å². The van der Waals surface area contributed by atoms with Crippen LogP contribution in [0.15, 0.2) is 51.3 Å². The Labute approximate surface area is 115 Å². The van der Waals surface area contributed by atoms with Gasteiger partial charge in [0.25, 0.3) is 0 Å². The number of para-hydroxylation sites is 2. The predicted octanol–water partition coefficient (Wildman–Crippen LogP) is 3.87. The van der Waals surface area contributed by atoms with Crippen molar-refractivity contribution in [3.63, 3.8) is 0 Å². The maximum atomic E-state index is 5.73. The third kappa shape index (κ3) is 1.86. The quantitative estimate of drug-likeness (QED) is 0.551. The third-order valence-corrected chi connectivity index (χ3v) is 3.25. The summed E-state index contributed by atoms with van der Waals surface area (Å²) in [6.45, 7) is 1.85. The monoisotopic (exact) mass is 264 g/mol. The average Bonchev–Trinajstić information content (AvgIpc) is 2.99. The fourth-order valence-corrected chi connectivity index (χ4v) is 2.36. The van der Waals surface area contributed by atoms with E-state index in [1.54, 1.807) is 0 Å². The Kier molecular flexibility index (Phi) is 2.36. The minimum absolute atomic E-state index is 0.643. The molecule has 2 aromatic heterocycles. The van der Waals surface area contributed by atoms with Crippen LogP contribution >= 0.6 is 0 Å². The van der Waals surface area contributed by atoms with E-state index in [1.165, 1.54) is 0 Å². The van der Waals surface area contributed by atoms with Gasteiger partial charge in [-0.15, -0.1) is 0 Å². The second-order valence-electron chi connectivity index (χ2n) is 4.79. The Balaban J connectivity index is 1.72. The fraction of sp³-hybridized carbons (Fsp3) is 0.125. The summed E-state index contributed by atoms with van der Waals surface area (Å²) >= 11 is 0. The Morgan fingerprint density at radius 2 is 1.75 bits per heavy atom. The largest absolute Gasteiger partial charge is 0.441 e. The number of aromatic nitrogens is 2. The van der Waals surface area contributed by atoms with Gasteiger partial charge in [0.05, 0.1) is 0 Å². The van der Waals surface area contributed by atoms with E-state index in [-0.39, 0.29) is 0 Å². The van der Waals surface area contributed by atoms with Crippen molar-refractivity contribution in [2.45, 2.75) is 13.3 Å². The van der Waals surface area contributed by atoms with Crippen molar-refractivity contribution in [3.05, 3.63) is 59.8 Å². The lowest BCUT2D eigenvalue weighted by Gasteiger charge is -1.96. The van der Waals surface area contributed by atoms with E-state index in [4.69, 9.17) is 8.83 Å². The standard InChI is InChI=1S/C16H12N2O2/c1-10-17-13-7-6-11(8-15(13)19-10)9-16-18-12-4-2-3-5-14(12)20-16/h2-8H,9H2,1H3. The van der Waals surface area contributed by atoms with Crippen LogP contribution in [0, 0.1) is 6.92 Å². The number of oxazole rings is 2. The van der Waals surface area contributed by atoms with E-state index >= 15 is 0 Å². The molecule has 2 heterocycles. The van der Waals surface area contributed by atoms with E-state index in [0.29, 0.717) is 18.2 Å². The van der Waals surface area contributed by atoms with Gasteiger partial charge in [0, 0.05) is 13.3 Å². The molecule has 0 fully saturated rings. The van der Waals surface area contributed by atoms with E-state index in [1.807, 2.05) is 49.4 Å². The molecule has 0 amide bonds. The molecule has 0 atom stereocenters. The summed E-state index contributed by atoms with van der Waals surface area (Å²) in [7, 11) is 0. The Hall–Kier alpha value is -2.62. The third-order valence-electron chi connectivity index (χ3n) is 3.25. The minimum Gasteiger partial charge on any atom is -0.441 e. The summed E-state index contributed by atoms with van der Waals surface area (Å²) < 4.78 is 11.3. The van der Waals surface area contributed by atoms with Crippen LogP contribution in [0.5, 0.6) is 0 Å². The summed E-state index contributed by atoms with van der Waals surface area (Å²) in [5.41, 5.74) is 4.48. The highest BCUT2D eigenvalue weighted by Crippen LogP contribution is 2.21. The summed E-state index contributed by atoms with van der Waals surface area (Å²) in [5, 5.41) is 0. The van der Waals surface area contributed by atoms with Crippen LogP contribution in [0.3, 0.4) is 0 Å². The summed E-state index contributed by atoms with van der Waals surface area (Å²) in [6.07, 6.45) is 0.643. The maximum absolute atomic E-state index is 5.73. The SMILES string of the molecule is Cc1nc2ccc(Cc3nc4ccccc4o3)cc2o1. The topological polar surface area (TPSA) is 52.1 Å². The maximum Gasteiger partial charge on any atom is 0.199 e. The first kappa shape index (κ1) is 11.2. The van der Waals surface area contributed by atoms with E-state index in [2.05, 4.69) is 9.97 Å². The molecule has 0 unspecified atom stereocenters. The van der Waals surface area contributed by atoms with Crippen molar-refractivity contribution < 1.29 is 8.83 Å². The molecule has 0 aliphatic rings. The molecule has 0 aliphatic carbocycles. The first-order chi connectivity index (χ1) is 9.78. The number of rotatable bonds is 2. The van der Waals surface area contributed by atoms with Crippen LogP contribution in [-0.2, 0) is 6.42 Å². The number of fused-ring (bicyclic) bond motifs is 2. The fourth-order valence-electron chi connectivity index (χ4n) is 2.36. The molecule has 4 rings (SSSR count). The molecule has 2 aromatic carbocycles. The van der Waals surface area contributed by atoms with Crippen LogP contribution in [0.4, 0.5) is 0 Å². The molecule has 0 radical (unpaired) electrons. The molecule has 0 N–H and O–H groups in total. The van der Waals surface area contributed by atoms with Gasteiger partial charge in [-0.1, -0.05) is 18.2 Å². The van der Waals surface area contributed by atoms with Gasteiger partial charge in [0.15, 0.2) is 22.9 Å². The number of hydrogen-bond acceptors (Lipinski definition) is 4. The van der Waals surface area contributed by atoms with Crippen LogP contribution in [-0.4, -0.2) is 9.97 Å². The molecule has 0 spiro atoms. The van der Waals surface area contributed by atoms with Gasteiger partial charge >= 0.3 is 0 Å². The number of benzene rings is 2. The lowest BCUT2D eigenvalue weighted by molar-refractivity contribution is 0.543. The van der Waals surface area contributed by atoms with Crippen molar-refractivity contribution in [1.29, 1.82) is 0 Å². The minimum atomic E-state index is 0.643. The lowest BCUT2D eigenvalue weighted by atomic mass is 10.1. The summed E-state index contributed by atoms with van der Waals surface area (Å²) in [4.78, 5) is 8.77. The molecule has 98 valence electrons. The second-order valence-corrected chi connectivity index (χ2v) is 4.79. The molecular weight excluding hydrogens is 252 g/mol. The van der Waals surface area contributed by atoms with Crippen LogP contribution in [0.1, 0.15) is 17.3 Å². The van der Waals surface area contributed by atoms with Gasteiger partial charge in [-0.05, 0) is 29.8 Å². The van der Waals surface area contributed by atoms with Crippen molar-refractivity contribution >= 4 is 22.2 Å². The Morgan fingerprint density at radius 3 is 2.65 bits per heavy atom. The molecule has 0 saturated carbocycles. The van der Waals surface area contributed by atoms with Crippen LogP contribution in [0.2, 0.25) is 0 Å². The highest BCUT2D eigenvalue weighted by molar-refractivity contribution is 5.74. The van der Waals surface area contributed by atoms with Gasteiger partial charge in [-0.3, -0.25) is 0 Å². The number of aryl methyl sites for hydroxylation is 1. The molecule has 0 saturated heterocycles. The van der Waals surface area contributed by atoms with Crippen LogP contribution < -0.4 is 0 Å². The summed E-state index contributed by atoms with van der Waals surface area (Å²) in [5.74, 6) is 1.39. The number of nitrogens with zero attached hydrogens (tertiary/aromatic N) is 2. The Bertz CT molecular complexity index is 872. The van der Waals surface area contributed by atoms with Gasteiger partial charge in [0.1, 0.15) is 11.0 Å². The molecule has 20 heavy (non-hydrogen) atoms. The smallest absolute Gasteiger partial charge is 0.199 e. The van der Waals surface area contributed by atoms with E-state index in [9.17, 15) is 0 Å². The molecule has 0 aliphatic heterocycles. The van der Waals surface area contributed by atoms with Crippen molar-refractivity contribution in [1.82, 2.24) is 9.97 Å². The molecule has 4 nitrogen and oxygen atoms in total. The van der Waals surface area contributed by atoms with Crippen molar-refractivity contribution in [3.8, 4) is 0 Å². The number of hydrogen-bond donors (Lipinski definition) is 0. The second kappa shape index (κ2) is 4.20. The molecule has 0 bridgehead atoms. The molecular formula is C16H12N2O2. The normalized spacial score (nSPS) is 11.4. The molecule has 4 heteroatoms. The van der Waals surface area contributed by atoms with Gasteiger partial charge < -0.3 is 8.83 Å². The van der Waals surface area contributed by atoms with Gasteiger partial charge in [-0.2, -0.15) is 0 Å². The van der Waals surface area contributed by atoms with Crippen molar-refractivity contribution in [2.24, 2.45) is 0 Å². The molecule has 4 aromatic rings. The zero-order chi connectivity index (χ0) is 13.5. The van der Waals surface area contributed by atoms with Gasteiger partial charge in [0.2, 0.25) is 0 Å². The first-order valence-electron chi connectivity index (χ1n) is 6.48. The van der Waals surface area contributed by atoms with Crippen molar-refractivity contribution in [2.75, 3.05) is 0 Å². The van der Waals surface area contributed by atoms with Crippen LogP contribution in [0.25, 0.3) is 22.2 Å². The van der Waals surface area contributed by atoms with E-state index < -0.39 is 0 Å². The summed E-state index contributed by atoms with van der Waals surface area (Å²) in [6, 6.07) is 13.8. The van der Waals surface area contributed by atoms with Gasteiger partial charge in [-0.25, -0.2) is 9.97 Å². The highest BCUT2D eigenvalue weighted by atomic mass is 16.4.